The lowest BCUT2D eigenvalue weighted by molar-refractivity contribution is 0.473. The van der Waals surface area contributed by atoms with E-state index in [-0.39, 0.29) is 5.75 Å². The molecule has 0 saturated carbocycles. The Bertz CT molecular complexity index is 999. The third kappa shape index (κ3) is 1.98. The van der Waals surface area contributed by atoms with Gasteiger partial charge in [-0.2, -0.15) is 0 Å². The first-order valence-electron chi connectivity index (χ1n) is 6.33. The number of phenols is 1. The Morgan fingerprint density at radius 3 is 2.81 bits per heavy atom. The van der Waals surface area contributed by atoms with Gasteiger partial charge in [-0.3, -0.25) is 0 Å². The molecule has 5 heteroatoms. The van der Waals surface area contributed by atoms with E-state index < -0.39 is 5.63 Å². The van der Waals surface area contributed by atoms with Crippen LogP contribution in [0.1, 0.15) is 0 Å². The first-order valence-corrected chi connectivity index (χ1v) is 7.15. The second-order valence-electron chi connectivity index (χ2n) is 4.65. The van der Waals surface area contributed by atoms with E-state index in [1.54, 1.807) is 12.1 Å². The summed E-state index contributed by atoms with van der Waals surface area (Å²) in [6.45, 7) is 0. The molecule has 0 fully saturated rings. The van der Waals surface area contributed by atoms with Gasteiger partial charge in [0.05, 0.1) is 10.2 Å². The number of aromatic hydroxyl groups is 1. The second-order valence-corrected chi connectivity index (χ2v) is 5.68. The number of aromatic nitrogens is 1. The zero-order chi connectivity index (χ0) is 14.4. The molecule has 2 aromatic carbocycles. The molecule has 0 unspecified atom stereocenters. The fourth-order valence-electron chi connectivity index (χ4n) is 2.32. The number of phenolic OH excluding ortho intramolecular Hbond substituents is 1. The molecular weight excluding hydrogens is 286 g/mol. The average molecular weight is 295 g/mol. The van der Waals surface area contributed by atoms with E-state index >= 15 is 0 Å². The lowest BCUT2D eigenvalue weighted by Gasteiger charge is -2.02. The van der Waals surface area contributed by atoms with Gasteiger partial charge in [-0.25, -0.2) is 9.78 Å². The number of thiazole rings is 1. The van der Waals surface area contributed by atoms with E-state index in [2.05, 4.69) is 4.98 Å². The number of rotatable bonds is 1. The molecule has 0 spiro atoms. The summed E-state index contributed by atoms with van der Waals surface area (Å²) >= 11 is 1.52. The SMILES string of the molecule is O=c1cc(-c2nc3ccccc3s2)c2ccc(O)cc2o1. The van der Waals surface area contributed by atoms with Gasteiger partial charge in [0.15, 0.2) is 0 Å². The molecule has 4 rings (SSSR count). The smallest absolute Gasteiger partial charge is 0.336 e. The molecule has 0 radical (unpaired) electrons. The Kier molecular flexibility index (Phi) is 2.55. The van der Waals surface area contributed by atoms with Crippen LogP contribution in [0.5, 0.6) is 5.75 Å². The van der Waals surface area contributed by atoms with Crippen LogP contribution in [0.2, 0.25) is 0 Å². The fourth-order valence-corrected chi connectivity index (χ4v) is 3.31. The quantitative estimate of drug-likeness (QED) is 0.543. The molecule has 1 N–H and O–H groups in total. The van der Waals surface area contributed by atoms with E-state index in [9.17, 15) is 9.90 Å². The van der Waals surface area contributed by atoms with Crippen LogP contribution >= 0.6 is 11.3 Å². The van der Waals surface area contributed by atoms with Gasteiger partial charge in [0, 0.05) is 23.1 Å². The van der Waals surface area contributed by atoms with Crippen LogP contribution in [0.25, 0.3) is 31.8 Å². The molecule has 0 aliphatic heterocycles. The Balaban J connectivity index is 2.07. The molecule has 0 atom stereocenters. The molecule has 0 amide bonds. The number of benzene rings is 2. The van der Waals surface area contributed by atoms with Crippen LogP contribution in [0.4, 0.5) is 0 Å². The molecule has 0 aliphatic rings. The van der Waals surface area contributed by atoms with Gasteiger partial charge in [0.1, 0.15) is 16.3 Å². The van der Waals surface area contributed by atoms with Gasteiger partial charge in [-0.1, -0.05) is 12.1 Å². The minimum atomic E-state index is -0.456. The summed E-state index contributed by atoms with van der Waals surface area (Å²) in [5.74, 6) is 0.0621. The number of fused-ring (bicyclic) bond motifs is 2. The highest BCUT2D eigenvalue weighted by molar-refractivity contribution is 7.21. The molecule has 0 aliphatic carbocycles. The van der Waals surface area contributed by atoms with E-state index in [1.165, 1.54) is 23.5 Å². The Hall–Kier alpha value is -2.66. The van der Waals surface area contributed by atoms with Gasteiger partial charge < -0.3 is 9.52 Å². The fraction of sp³-hybridized carbons (Fsp3) is 0. The van der Waals surface area contributed by atoms with Crippen molar-refractivity contribution < 1.29 is 9.52 Å². The Morgan fingerprint density at radius 2 is 1.95 bits per heavy atom. The van der Waals surface area contributed by atoms with Crippen molar-refractivity contribution in [3.8, 4) is 16.3 Å². The van der Waals surface area contributed by atoms with Crippen molar-refractivity contribution in [3.63, 3.8) is 0 Å². The minimum Gasteiger partial charge on any atom is -0.508 e. The monoisotopic (exact) mass is 295 g/mol. The number of nitrogens with zero attached hydrogens (tertiary/aromatic N) is 1. The molecule has 0 saturated heterocycles. The van der Waals surface area contributed by atoms with E-state index in [4.69, 9.17) is 4.42 Å². The maximum atomic E-state index is 11.7. The van der Waals surface area contributed by atoms with Crippen molar-refractivity contribution in [1.82, 2.24) is 4.98 Å². The van der Waals surface area contributed by atoms with Crippen molar-refractivity contribution in [2.24, 2.45) is 0 Å². The summed E-state index contributed by atoms with van der Waals surface area (Å²) in [5.41, 5.74) is 1.53. The first-order chi connectivity index (χ1) is 10.2. The predicted molar refractivity (Wildman–Crippen MR) is 82.8 cm³/mol. The van der Waals surface area contributed by atoms with Gasteiger partial charge in [0.2, 0.25) is 0 Å². The van der Waals surface area contributed by atoms with Crippen LogP contribution < -0.4 is 5.63 Å². The Labute approximate surface area is 122 Å². The van der Waals surface area contributed by atoms with Crippen LogP contribution in [0.3, 0.4) is 0 Å². The third-order valence-corrected chi connectivity index (χ3v) is 4.32. The molecule has 21 heavy (non-hydrogen) atoms. The van der Waals surface area contributed by atoms with Crippen LogP contribution in [-0.2, 0) is 0 Å². The number of para-hydroxylation sites is 1. The summed E-state index contributed by atoms with van der Waals surface area (Å²) in [4.78, 5) is 16.3. The lowest BCUT2D eigenvalue weighted by Crippen LogP contribution is -1.97. The van der Waals surface area contributed by atoms with Gasteiger partial charge in [0.25, 0.3) is 0 Å². The molecule has 4 nitrogen and oxygen atoms in total. The van der Waals surface area contributed by atoms with Gasteiger partial charge >= 0.3 is 5.63 Å². The summed E-state index contributed by atoms with van der Waals surface area (Å²) < 4.78 is 6.20. The largest absolute Gasteiger partial charge is 0.508 e. The maximum absolute atomic E-state index is 11.7. The highest BCUT2D eigenvalue weighted by Crippen LogP contribution is 2.34. The topological polar surface area (TPSA) is 63.3 Å². The van der Waals surface area contributed by atoms with Crippen LogP contribution in [-0.4, -0.2) is 10.1 Å². The molecule has 0 bridgehead atoms. The van der Waals surface area contributed by atoms with E-state index in [1.807, 2.05) is 24.3 Å². The number of hydrogen-bond acceptors (Lipinski definition) is 5. The minimum absolute atomic E-state index is 0.0621. The average Bonchev–Trinajstić information content (AvgIpc) is 2.89. The van der Waals surface area contributed by atoms with E-state index in [0.717, 1.165) is 26.2 Å². The summed E-state index contributed by atoms with van der Waals surface area (Å²) in [5, 5.41) is 11.0. The summed E-state index contributed by atoms with van der Waals surface area (Å²) in [6.07, 6.45) is 0. The predicted octanol–water partition coefficient (Wildman–Crippen LogP) is 3.78. The molecule has 4 aromatic rings. The van der Waals surface area contributed by atoms with Crippen LogP contribution in [0, 0.1) is 0 Å². The summed E-state index contributed by atoms with van der Waals surface area (Å²) in [6, 6.07) is 14.0. The summed E-state index contributed by atoms with van der Waals surface area (Å²) in [7, 11) is 0. The zero-order valence-electron chi connectivity index (χ0n) is 10.7. The zero-order valence-corrected chi connectivity index (χ0v) is 11.6. The molecule has 2 heterocycles. The first kappa shape index (κ1) is 12.1. The Morgan fingerprint density at radius 1 is 1.10 bits per heavy atom. The van der Waals surface area contributed by atoms with Crippen molar-refractivity contribution in [3.05, 3.63) is 59.0 Å². The van der Waals surface area contributed by atoms with Crippen molar-refractivity contribution in [2.75, 3.05) is 0 Å². The highest BCUT2D eigenvalue weighted by atomic mass is 32.1. The molecule has 102 valence electrons. The third-order valence-electron chi connectivity index (χ3n) is 3.25. The second kappa shape index (κ2) is 4.43. The van der Waals surface area contributed by atoms with Crippen molar-refractivity contribution in [2.45, 2.75) is 0 Å². The molecular formula is C16H9NO3S. The van der Waals surface area contributed by atoms with Crippen molar-refractivity contribution in [1.29, 1.82) is 0 Å². The maximum Gasteiger partial charge on any atom is 0.336 e. The standard InChI is InChI=1S/C16H9NO3S/c18-9-5-6-10-11(8-15(19)20-13(10)7-9)16-17-12-3-1-2-4-14(12)21-16/h1-8,18H. The normalized spacial score (nSPS) is 11.2. The van der Waals surface area contributed by atoms with Gasteiger partial charge in [-0.05, 0) is 24.3 Å². The highest BCUT2D eigenvalue weighted by Gasteiger charge is 2.12. The van der Waals surface area contributed by atoms with Crippen molar-refractivity contribution >= 4 is 32.5 Å². The van der Waals surface area contributed by atoms with E-state index in [0.29, 0.717) is 5.58 Å². The number of hydrogen-bond donors (Lipinski definition) is 1. The van der Waals surface area contributed by atoms with Gasteiger partial charge in [-0.15, -0.1) is 11.3 Å². The van der Waals surface area contributed by atoms with Crippen LogP contribution in [0.15, 0.2) is 57.7 Å². The molecule has 2 aromatic heterocycles. The lowest BCUT2D eigenvalue weighted by atomic mass is 10.1.